The number of nitrogens with zero attached hydrogens (tertiary/aromatic N) is 3. The molecule has 0 fully saturated rings. The Morgan fingerprint density at radius 3 is 2.62 bits per heavy atom. The SMILES string of the molecule is CC[C@H](CO)Nc1cc(NCc2ccccc2)c2ncn(C(C)C)c2n1. The van der Waals surface area contributed by atoms with Gasteiger partial charge in [0.2, 0.25) is 0 Å². The molecule has 1 aromatic carbocycles. The van der Waals surface area contributed by atoms with Crippen molar-refractivity contribution in [3.8, 4) is 0 Å². The number of benzene rings is 1. The summed E-state index contributed by atoms with van der Waals surface area (Å²) in [6, 6.07) is 12.5. The van der Waals surface area contributed by atoms with E-state index in [0.29, 0.717) is 6.54 Å². The minimum absolute atomic E-state index is 0.0163. The number of anilines is 2. The van der Waals surface area contributed by atoms with E-state index in [-0.39, 0.29) is 18.7 Å². The third-order valence-corrected chi connectivity index (χ3v) is 4.48. The fourth-order valence-electron chi connectivity index (χ4n) is 2.87. The first kappa shape index (κ1) is 18.2. The summed E-state index contributed by atoms with van der Waals surface area (Å²) in [5.74, 6) is 0.747. The molecule has 1 atom stereocenters. The highest BCUT2D eigenvalue weighted by atomic mass is 16.3. The first-order valence-electron chi connectivity index (χ1n) is 9.15. The molecular weight excluding hydrogens is 326 g/mol. The molecule has 0 amide bonds. The molecule has 2 heterocycles. The van der Waals surface area contributed by atoms with Gasteiger partial charge in [0.05, 0.1) is 24.7 Å². The van der Waals surface area contributed by atoms with Crippen molar-refractivity contribution in [2.45, 2.75) is 45.8 Å². The molecule has 0 aliphatic carbocycles. The van der Waals surface area contributed by atoms with Gasteiger partial charge in [0.25, 0.3) is 0 Å². The van der Waals surface area contributed by atoms with Gasteiger partial charge < -0.3 is 20.3 Å². The lowest BCUT2D eigenvalue weighted by Gasteiger charge is -2.17. The third-order valence-electron chi connectivity index (χ3n) is 4.48. The number of pyridine rings is 1. The Bertz CT molecular complexity index is 840. The minimum atomic E-state index is -0.0163. The Hall–Kier alpha value is -2.60. The zero-order valence-electron chi connectivity index (χ0n) is 15.6. The van der Waals surface area contributed by atoms with E-state index in [9.17, 15) is 5.11 Å². The van der Waals surface area contributed by atoms with Crippen LogP contribution in [0.3, 0.4) is 0 Å². The molecule has 6 heteroatoms. The number of hydrogen-bond donors (Lipinski definition) is 3. The average Bonchev–Trinajstić information content (AvgIpc) is 3.09. The van der Waals surface area contributed by atoms with Gasteiger partial charge in [0, 0.05) is 18.7 Å². The Balaban J connectivity index is 1.96. The predicted octanol–water partition coefficient (Wildman–Crippen LogP) is 3.81. The summed E-state index contributed by atoms with van der Waals surface area (Å²) in [5, 5.41) is 16.3. The maximum Gasteiger partial charge on any atom is 0.164 e. The van der Waals surface area contributed by atoms with Crippen molar-refractivity contribution < 1.29 is 5.11 Å². The van der Waals surface area contributed by atoms with E-state index in [1.807, 2.05) is 37.5 Å². The normalized spacial score (nSPS) is 12.5. The largest absolute Gasteiger partial charge is 0.394 e. The second kappa shape index (κ2) is 8.19. The smallest absolute Gasteiger partial charge is 0.164 e. The summed E-state index contributed by atoms with van der Waals surface area (Å²) in [6.45, 7) is 7.06. The van der Waals surface area contributed by atoms with Crippen LogP contribution in [-0.4, -0.2) is 32.3 Å². The molecule has 2 aromatic heterocycles. The van der Waals surface area contributed by atoms with Gasteiger partial charge in [0.1, 0.15) is 11.3 Å². The zero-order chi connectivity index (χ0) is 18.5. The summed E-state index contributed by atoms with van der Waals surface area (Å²) >= 11 is 0. The Labute approximate surface area is 154 Å². The predicted molar refractivity (Wildman–Crippen MR) is 106 cm³/mol. The van der Waals surface area contributed by atoms with Gasteiger partial charge >= 0.3 is 0 Å². The van der Waals surface area contributed by atoms with E-state index in [4.69, 9.17) is 4.98 Å². The van der Waals surface area contributed by atoms with Gasteiger partial charge in [-0.15, -0.1) is 0 Å². The van der Waals surface area contributed by atoms with Crippen molar-refractivity contribution in [1.29, 1.82) is 0 Å². The van der Waals surface area contributed by atoms with Crippen LogP contribution in [0.25, 0.3) is 11.2 Å². The Morgan fingerprint density at radius 2 is 1.96 bits per heavy atom. The first-order valence-corrected chi connectivity index (χ1v) is 9.15. The Morgan fingerprint density at radius 1 is 1.19 bits per heavy atom. The number of aromatic nitrogens is 3. The molecule has 6 nitrogen and oxygen atoms in total. The van der Waals surface area contributed by atoms with Crippen LogP contribution in [-0.2, 0) is 6.54 Å². The summed E-state index contributed by atoms with van der Waals surface area (Å²) in [4.78, 5) is 9.32. The number of nitrogens with one attached hydrogen (secondary N) is 2. The van der Waals surface area contributed by atoms with Crippen LogP contribution in [0.15, 0.2) is 42.7 Å². The molecule has 3 N–H and O–H groups in total. The van der Waals surface area contributed by atoms with E-state index in [1.165, 1.54) is 5.56 Å². The van der Waals surface area contributed by atoms with E-state index in [2.05, 4.69) is 46.2 Å². The topological polar surface area (TPSA) is 75.0 Å². The van der Waals surface area contributed by atoms with Crippen LogP contribution in [0, 0.1) is 0 Å². The van der Waals surface area contributed by atoms with Crippen LogP contribution in [0.1, 0.15) is 38.8 Å². The number of fused-ring (bicyclic) bond motifs is 1. The van der Waals surface area contributed by atoms with Crippen molar-refractivity contribution in [2.24, 2.45) is 0 Å². The fraction of sp³-hybridized carbons (Fsp3) is 0.400. The van der Waals surface area contributed by atoms with Crippen LogP contribution < -0.4 is 10.6 Å². The number of hydrogen-bond acceptors (Lipinski definition) is 5. The summed E-state index contributed by atoms with van der Waals surface area (Å²) in [7, 11) is 0. The highest BCUT2D eigenvalue weighted by Crippen LogP contribution is 2.27. The van der Waals surface area contributed by atoms with Gasteiger partial charge in [0.15, 0.2) is 5.65 Å². The number of aliphatic hydroxyl groups excluding tert-OH is 1. The number of rotatable bonds is 8. The third kappa shape index (κ3) is 3.96. The van der Waals surface area contributed by atoms with Gasteiger partial charge in [-0.1, -0.05) is 37.3 Å². The first-order chi connectivity index (χ1) is 12.6. The average molecular weight is 353 g/mol. The summed E-state index contributed by atoms with van der Waals surface area (Å²) in [5.41, 5.74) is 3.84. The van der Waals surface area contributed by atoms with E-state index < -0.39 is 0 Å². The van der Waals surface area contributed by atoms with Crippen LogP contribution in [0.2, 0.25) is 0 Å². The van der Waals surface area contributed by atoms with Crippen LogP contribution >= 0.6 is 0 Å². The van der Waals surface area contributed by atoms with E-state index in [1.54, 1.807) is 0 Å². The van der Waals surface area contributed by atoms with E-state index >= 15 is 0 Å². The van der Waals surface area contributed by atoms with Crippen molar-refractivity contribution in [2.75, 3.05) is 17.2 Å². The molecule has 0 radical (unpaired) electrons. The van der Waals surface area contributed by atoms with Crippen molar-refractivity contribution >= 4 is 22.7 Å². The second-order valence-electron chi connectivity index (χ2n) is 6.74. The molecule has 0 aliphatic heterocycles. The quantitative estimate of drug-likeness (QED) is 0.574. The maximum atomic E-state index is 9.50. The standard InChI is InChI=1S/C20H27N5O/c1-4-16(12-26)23-18-10-17(21-11-15-8-6-5-7-9-15)19-20(24-18)25(13-22-19)14(2)3/h5-10,13-14,16,26H,4,11-12H2,1-3H3,(H2,21,23,24)/t16-/m1/s1. The van der Waals surface area contributed by atoms with Crippen LogP contribution in [0.5, 0.6) is 0 Å². The molecule has 0 spiro atoms. The van der Waals surface area contributed by atoms with E-state index in [0.717, 1.165) is 29.1 Å². The lowest BCUT2D eigenvalue weighted by molar-refractivity contribution is 0.271. The molecule has 138 valence electrons. The molecule has 3 aromatic rings. The highest BCUT2D eigenvalue weighted by Gasteiger charge is 2.15. The highest BCUT2D eigenvalue weighted by molar-refractivity contribution is 5.88. The molecule has 0 saturated heterocycles. The van der Waals surface area contributed by atoms with Gasteiger partial charge in [-0.05, 0) is 25.8 Å². The molecule has 0 aliphatic rings. The molecule has 3 rings (SSSR count). The van der Waals surface area contributed by atoms with Crippen LogP contribution in [0.4, 0.5) is 11.5 Å². The van der Waals surface area contributed by atoms with Gasteiger partial charge in [-0.25, -0.2) is 9.97 Å². The van der Waals surface area contributed by atoms with Crippen molar-refractivity contribution in [3.05, 3.63) is 48.3 Å². The molecule has 0 bridgehead atoms. The van der Waals surface area contributed by atoms with Gasteiger partial charge in [-0.2, -0.15) is 0 Å². The summed E-state index contributed by atoms with van der Waals surface area (Å²) in [6.07, 6.45) is 2.66. The van der Waals surface area contributed by atoms with Crippen molar-refractivity contribution in [1.82, 2.24) is 14.5 Å². The molecule has 26 heavy (non-hydrogen) atoms. The lowest BCUT2D eigenvalue weighted by atomic mass is 10.2. The minimum Gasteiger partial charge on any atom is -0.394 e. The fourth-order valence-corrected chi connectivity index (χ4v) is 2.87. The second-order valence-corrected chi connectivity index (χ2v) is 6.74. The zero-order valence-corrected chi connectivity index (χ0v) is 15.6. The number of aliphatic hydroxyl groups is 1. The van der Waals surface area contributed by atoms with Crippen molar-refractivity contribution in [3.63, 3.8) is 0 Å². The lowest BCUT2D eigenvalue weighted by Crippen LogP contribution is -2.23. The number of imidazole rings is 1. The Kier molecular flexibility index (Phi) is 5.73. The van der Waals surface area contributed by atoms with Gasteiger partial charge in [-0.3, -0.25) is 0 Å². The molecule has 0 saturated carbocycles. The maximum absolute atomic E-state index is 9.50. The molecule has 0 unspecified atom stereocenters. The monoisotopic (exact) mass is 353 g/mol. The summed E-state index contributed by atoms with van der Waals surface area (Å²) < 4.78 is 2.06. The molecular formula is C20H27N5O.